The number of amides is 2. The number of likely N-dealkylation sites (tertiary alicyclic amines) is 1. The number of benzene rings is 1. The van der Waals surface area contributed by atoms with Crippen LogP contribution in [0.3, 0.4) is 0 Å². The molecule has 7 heteroatoms. The van der Waals surface area contributed by atoms with Crippen LogP contribution in [0.25, 0.3) is 0 Å². The smallest absolute Gasteiger partial charge is 0.258 e. The molecule has 0 aromatic heterocycles. The van der Waals surface area contributed by atoms with Gasteiger partial charge in [0.15, 0.2) is 0 Å². The van der Waals surface area contributed by atoms with Crippen molar-refractivity contribution >= 4 is 23.4 Å². The van der Waals surface area contributed by atoms with Crippen molar-refractivity contribution in [1.82, 2.24) is 9.80 Å². The third-order valence-electron chi connectivity index (χ3n) is 4.25. The van der Waals surface area contributed by atoms with Crippen LogP contribution in [0.4, 0.5) is 0 Å². The van der Waals surface area contributed by atoms with Crippen LogP contribution >= 0.6 is 11.6 Å². The van der Waals surface area contributed by atoms with Crippen molar-refractivity contribution in [2.45, 2.75) is 25.8 Å². The zero-order valence-corrected chi connectivity index (χ0v) is 14.8. The summed E-state index contributed by atoms with van der Waals surface area (Å²) in [5.41, 5.74) is 0.356. The molecule has 1 aliphatic rings. The van der Waals surface area contributed by atoms with Crippen molar-refractivity contribution in [3.05, 3.63) is 28.8 Å². The Morgan fingerprint density at radius 2 is 2.21 bits per heavy atom. The molecule has 0 bridgehead atoms. The first kappa shape index (κ1) is 18.5. The number of hydrogen-bond acceptors (Lipinski definition) is 4. The van der Waals surface area contributed by atoms with Gasteiger partial charge in [0.1, 0.15) is 11.8 Å². The molecule has 6 nitrogen and oxygen atoms in total. The fourth-order valence-electron chi connectivity index (χ4n) is 3.02. The van der Waals surface area contributed by atoms with Crippen molar-refractivity contribution in [2.24, 2.45) is 0 Å². The lowest BCUT2D eigenvalue weighted by Gasteiger charge is -2.29. The number of rotatable bonds is 6. The van der Waals surface area contributed by atoms with Crippen molar-refractivity contribution in [3.8, 4) is 5.75 Å². The summed E-state index contributed by atoms with van der Waals surface area (Å²) in [6.07, 6.45) is 1.39. The van der Waals surface area contributed by atoms with Gasteiger partial charge in [0.05, 0.1) is 19.3 Å². The summed E-state index contributed by atoms with van der Waals surface area (Å²) in [6.45, 7) is 3.05. The third-order valence-corrected chi connectivity index (χ3v) is 4.49. The number of carbonyl (C=O) groups is 2. The van der Waals surface area contributed by atoms with Crippen LogP contribution in [0.1, 0.15) is 30.1 Å². The highest BCUT2D eigenvalue weighted by atomic mass is 35.5. The van der Waals surface area contributed by atoms with Gasteiger partial charge in [-0.15, -0.1) is 0 Å². The molecule has 0 radical (unpaired) electrons. The molecule has 0 saturated carbocycles. The van der Waals surface area contributed by atoms with E-state index in [0.29, 0.717) is 35.8 Å². The van der Waals surface area contributed by atoms with Crippen LogP contribution in [0, 0.1) is 0 Å². The van der Waals surface area contributed by atoms with Crippen LogP contribution in [0.2, 0.25) is 5.02 Å². The molecule has 1 unspecified atom stereocenters. The number of hydrogen-bond donors (Lipinski definition) is 1. The first-order valence-electron chi connectivity index (χ1n) is 8.07. The molecule has 1 N–H and O–H groups in total. The summed E-state index contributed by atoms with van der Waals surface area (Å²) in [6, 6.07) is 4.36. The average Bonchev–Trinajstić information content (AvgIpc) is 3.08. The van der Waals surface area contributed by atoms with Gasteiger partial charge in [0.25, 0.3) is 5.91 Å². The number of aliphatic hydroxyl groups is 1. The van der Waals surface area contributed by atoms with E-state index in [1.807, 2.05) is 6.92 Å². The Morgan fingerprint density at radius 1 is 1.46 bits per heavy atom. The van der Waals surface area contributed by atoms with Gasteiger partial charge >= 0.3 is 0 Å². The van der Waals surface area contributed by atoms with Crippen LogP contribution < -0.4 is 4.74 Å². The summed E-state index contributed by atoms with van der Waals surface area (Å²) in [5.74, 6) is 0.0499. The van der Waals surface area contributed by atoms with Crippen molar-refractivity contribution in [2.75, 3.05) is 33.4 Å². The topological polar surface area (TPSA) is 70.1 Å². The lowest BCUT2D eigenvalue weighted by atomic mass is 10.1. The van der Waals surface area contributed by atoms with Gasteiger partial charge in [-0.1, -0.05) is 11.6 Å². The lowest BCUT2D eigenvalue weighted by Crippen LogP contribution is -2.48. The van der Waals surface area contributed by atoms with Crippen molar-refractivity contribution in [1.29, 1.82) is 0 Å². The van der Waals surface area contributed by atoms with E-state index >= 15 is 0 Å². The molecule has 132 valence electrons. The van der Waals surface area contributed by atoms with Crippen LogP contribution in [0.5, 0.6) is 5.75 Å². The van der Waals surface area contributed by atoms with Crippen LogP contribution in [-0.4, -0.2) is 66.1 Å². The molecule has 24 heavy (non-hydrogen) atoms. The van der Waals surface area contributed by atoms with E-state index in [1.54, 1.807) is 28.0 Å². The number of likely N-dealkylation sites (N-methyl/N-ethyl adjacent to an activating group) is 1. The van der Waals surface area contributed by atoms with E-state index in [-0.39, 0.29) is 25.0 Å². The van der Waals surface area contributed by atoms with E-state index in [4.69, 9.17) is 21.4 Å². The number of methoxy groups -OCH3 is 1. The average molecular weight is 355 g/mol. The van der Waals surface area contributed by atoms with Gasteiger partial charge in [-0.05, 0) is 38.0 Å². The van der Waals surface area contributed by atoms with Crippen molar-refractivity contribution in [3.63, 3.8) is 0 Å². The predicted molar refractivity (Wildman–Crippen MR) is 91.4 cm³/mol. The molecule has 1 fully saturated rings. The van der Waals surface area contributed by atoms with Gasteiger partial charge in [-0.2, -0.15) is 0 Å². The molecule has 2 rings (SSSR count). The quantitative estimate of drug-likeness (QED) is 0.845. The Morgan fingerprint density at radius 3 is 2.83 bits per heavy atom. The van der Waals surface area contributed by atoms with Gasteiger partial charge in [0, 0.05) is 24.7 Å². The molecule has 1 aromatic carbocycles. The number of ether oxygens (including phenoxy) is 1. The largest absolute Gasteiger partial charge is 0.496 e. The monoisotopic (exact) mass is 354 g/mol. The van der Waals surface area contributed by atoms with Gasteiger partial charge in [-0.3, -0.25) is 9.59 Å². The molecular weight excluding hydrogens is 332 g/mol. The molecule has 1 atom stereocenters. The second-order valence-electron chi connectivity index (χ2n) is 5.64. The molecule has 1 heterocycles. The molecule has 0 aliphatic carbocycles. The highest BCUT2D eigenvalue weighted by Crippen LogP contribution is 2.28. The minimum Gasteiger partial charge on any atom is -0.496 e. The summed E-state index contributed by atoms with van der Waals surface area (Å²) in [5, 5.41) is 9.55. The van der Waals surface area contributed by atoms with Gasteiger partial charge in [-0.25, -0.2) is 0 Å². The SMILES string of the molecule is CCN(CCO)C(=O)C1CCCN1C(=O)c1cc(Cl)ccc1OC. The number of carbonyl (C=O) groups excluding carboxylic acids is 2. The fraction of sp³-hybridized carbons (Fsp3) is 0.529. The van der Waals surface area contributed by atoms with Crippen molar-refractivity contribution < 1.29 is 19.4 Å². The zero-order valence-electron chi connectivity index (χ0n) is 14.0. The minimum atomic E-state index is -0.507. The Labute approximate surface area is 146 Å². The maximum Gasteiger partial charge on any atom is 0.258 e. The van der Waals surface area contributed by atoms with E-state index in [0.717, 1.165) is 6.42 Å². The normalized spacial score (nSPS) is 17.0. The summed E-state index contributed by atoms with van der Waals surface area (Å²) in [7, 11) is 1.49. The standard InChI is InChI=1S/C17H23ClN2O4/c1-3-19(9-10-21)17(23)14-5-4-8-20(14)16(22)13-11-12(18)6-7-15(13)24-2/h6-7,11,14,21H,3-5,8-10H2,1-2H3. The first-order chi connectivity index (χ1) is 11.5. The molecule has 0 spiro atoms. The summed E-state index contributed by atoms with van der Waals surface area (Å²) < 4.78 is 5.25. The van der Waals surface area contributed by atoms with E-state index in [1.165, 1.54) is 7.11 Å². The van der Waals surface area contributed by atoms with Crippen LogP contribution in [-0.2, 0) is 4.79 Å². The van der Waals surface area contributed by atoms with E-state index < -0.39 is 6.04 Å². The number of nitrogens with zero attached hydrogens (tertiary/aromatic N) is 2. The lowest BCUT2D eigenvalue weighted by molar-refractivity contribution is -0.135. The molecule has 1 saturated heterocycles. The predicted octanol–water partition coefficient (Wildman–Crippen LogP) is 1.79. The van der Waals surface area contributed by atoms with E-state index in [2.05, 4.69) is 0 Å². The van der Waals surface area contributed by atoms with Gasteiger partial charge in [0.2, 0.25) is 5.91 Å². The molecule has 1 aliphatic heterocycles. The first-order valence-corrected chi connectivity index (χ1v) is 8.45. The summed E-state index contributed by atoms with van der Waals surface area (Å²) >= 11 is 6.01. The highest BCUT2D eigenvalue weighted by molar-refractivity contribution is 6.31. The van der Waals surface area contributed by atoms with E-state index in [9.17, 15) is 9.59 Å². The maximum absolute atomic E-state index is 12.9. The number of aliphatic hydroxyl groups excluding tert-OH is 1. The highest BCUT2D eigenvalue weighted by Gasteiger charge is 2.37. The Kier molecular flexibility index (Phi) is 6.45. The Hall–Kier alpha value is -1.79. The van der Waals surface area contributed by atoms with Crippen LogP contribution in [0.15, 0.2) is 18.2 Å². The molecule has 2 amide bonds. The second-order valence-corrected chi connectivity index (χ2v) is 6.08. The minimum absolute atomic E-state index is 0.0949. The van der Waals surface area contributed by atoms with Gasteiger partial charge < -0.3 is 19.6 Å². The zero-order chi connectivity index (χ0) is 17.7. The Bertz CT molecular complexity index is 608. The second kappa shape index (κ2) is 8.35. The Balaban J connectivity index is 2.25. The third kappa shape index (κ3) is 3.82. The molecular formula is C17H23ClN2O4. The summed E-state index contributed by atoms with van der Waals surface area (Å²) in [4.78, 5) is 28.8. The number of halogens is 1. The fourth-order valence-corrected chi connectivity index (χ4v) is 3.20. The maximum atomic E-state index is 12.9. The molecule has 1 aromatic rings.